The molecule has 0 fully saturated rings. The normalized spacial score (nSPS) is 11.1. The first kappa shape index (κ1) is 25.2. The van der Waals surface area contributed by atoms with E-state index in [4.69, 9.17) is 21.6 Å². The van der Waals surface area contributed by atoms with Gasteiger partial charge < -0.3 is 16.0 Å². The van der Waals surface area contributed by atoms with Crippen molar-refractivity contribution in [2.24, 2.45) is 0 Å². The molecule has 2 heterocycles. The Kier molecular flexibility index (Phi) is 8.07. The first-order valence-corrected chi connectivity index (χ1v) is 12.5. The minimum absolute atomic E-state index is 0.0503. The molecule has 0 aliphatic carbocycles. The highest BCUT2D eigenvalue weighted by Crippen LogP contribution is 2.35. The van der Waals surface area contributed by atoms with Crippen LogP contribution in [0.25, 0.3) is 22.6 Å². The Balaban J connectivity index is 1.78. The molecule has 0 aliphatic rings. The van der Waals surface area contributed by atoms with E-state index in [0.717, 1.165) is 58.2 Å². The summed E-state index contributed by atoms with van der Waals surface area (Å²) in [6.45, 7) is 8.55. The molecule has 0 unspecified atom stereocenters. The molecule has 35 heavy (non-hydrogen) atoms. The van der Waals surface area contributed by atoms with Gasteiger partial charge in [-0.2, -0.15) is 4.37 Å². The highest BCUT2D eigenvalue weighted by atomic mass is 35.5. The topological polar surface area (TPSA) is 74.8 Å². The molecule has 0 spiro atoms. The number of aryl methyl sites for hydroxylation is 2. The van der Waals surface area contributed by atoms with Gasteiger partial charge in [0.25, 0.3) is 0 Å². The molecule has 182 valence electrons. The van der Waals surface area contributed by atoms with Crippen molar-refractivity contribution in [3.05, 3.63) is 75.0 Å². The monoisotopic (exact) mass is 510 g/mol. The van der Waals surface area contributed by atoms with Crippen LogP contribution in [0.15, 0.2) is 42.5 Å². The molecule has 6 nitrogen and oxygen atoms in total. The molecular weight excluding hydrogens is 483 g/mol. The summed E-state index contributed by atoms with van der Waals surface area (Å²) < 4.78 is 18.2. The van der Waals surface area contributed by atoms with E-state index >= 15 is 0 Å². The average Bonchev–Trinajstić information content (AvgIpc) is 3.18. The van der Waals surface area contributed by atoms with Crippen molar-refractivity contribution in [1.29, 1.82) is 0 Å². The van der Waals surface area contributed by atoms with Gasteiger partial charge in [0.15, 0.2) is 5.82 Å². The molecule has 4 aromatic rings. The third-order valence-corrected chi connectivity index (χ3v) is 6.80. The Morgan fingerprint density at radius 1 is 1.03 bits per heavy atom. The Bertz CT molecular complexity index is 1320. The molecule has 4 rings (SSSR count). The number of likely N-dealkylation sites (N-methyl/N-ethyl adjacent to an activating group) is 1. The van der Waals surface area contributed by atoms with Crippen LogP contribution in [0.4, 0.5) is 15.9 Å². The number of rotatable bonds is 9. The maximum Gasteiger partial charge on any atom is 0.162 e. The van der Waals surface area contributed by atoms with Crippen LogP contribution in [-0.2, 0) is 6.54 Å². The summed E-state index contributed by atoms with van der Waals surface area (Å²) >= 11 is 7.48. The van der Waals surface area contributed by atoms with Crippen molar-refractivity contribution >= 4 is 34.6 Å². The molecule has 9 heteroatoms. The minimum Gasteiger partial charge on any atom is -0.340 e. The van der Waals surface area contributed by atoms with Gasteiger partial charge in [-0.3, -0.25) is 0 Å². The third kappa shape index (κ3) is 5.85. The van der Waals surface area contributed by atoms with E-state index in [0.29, 0.717) is 17.3 Å². The Morgan fingerprint density at radius 3 is 2.57 bits per heavy atom. The van der Waals surface area contributed by atoms with Crippen LogP contribution >= 0.6 is 23.1 Å². The van der Waals surface area contributed by atoms with Crippen molar-refractivity contribution in [2.75, 3.05) is 25.5 Å². The predicted molar refractivity (Wildman–Crippen MR) is 143 cm³/mol. The van der Waals surface area contributed by atoms with E-state index in [1.807, 2.05) is 40.0 Å². The fourth-order valence-corrected chi connectivity index (χ4v) is 4.69. The number of aromatic nitrogens is 3. The number of anilines is 2. The van der Waals surface area contributed by atoms with Gasteiger partial charge >= 0.3 is 0 Å². The Hall–Kier alpha value is -2.91. The number of nitrogens with zero attached hydrogens (tertiary/aromatic N) is 3. The second-order valence-corrected chi connectivity index (χ2v) is 9.69. The molecule has 3 N–H and O–H groups in total. The van der Waals surface area contributed by atoms with Gasteiger partial charge in [-0.25, -0.2) is 14.4 Å². The fourth-order valence-electron chi connectivity index (χ4n) is 3.81. The van der Waals surface area contributed by atoms with E-state index in [9.17, 15) is 4.39 Å². The number of nitrogens with one attached hydrogen (secondary N) is 3. The average molecular weight is 511 g/mol. The quantitative estimate of drug-likeness (QED) is 0.238. The maximum atomic E-state index is 13.7. The molecule has 0 aliphatic heterocycles. The summed E-state index contributed by atoms with van der Waals surface area (Å²) in [7, 11) is 1.94. The molecule has 0 saturated heterocycles. The van der Waals surface area contributed by atoms with E-state index < -0.39 is 5.82 Å². The standard InChI is InChI=1S/C26H28ClFN6S/c1-15-24(23-16(2)34-35-17(23)3)32-26(19-7-5-6-18(12-19)14-30-11-10-29-4)33-25(15)31-20-8-9-22(28)21(27)13-20/h5-9,12-13,29-30H,10-11,14H2,1-4H3,(H,31,32,33). The van der Waals surface area contributed by atoms with Crippen molar-refractivity contribution < 1.29 is 4.39 Å². The molecule has 0 amide bonds. The van der Waals surface area contributed by atoms with Crippen molar-refractivity contribution in [2.45, 2.75) is 27.3 Å². The molecule has 2 aromatic carbocycles. The molecule has 0 atom stereocenters. The highest BCUT2D eigenvalue weighted by Gasteiger charge is 2.19. The third-order valence-electron chi connectivity index (χ3n) is 5.66. The summed E-state index contributed by atoms with van der Waals surface area (Å²) in [5.41, 5.74) is 6.36. The fraction of sp³-hybridized carbons (Fsp3) is 0.269. The molecule has 0 radical (unpaired) electrons. The van der Waals surface area contributed by atoms with Gasteiger partial charge in [-0.1, -0.05) is 29.8 Å². The van der Waals surface area contributed by atoms with Crippen LogP contribution in [-0.4, -0.2) is 34.5 Å². The van der Waals surface area contributed by atoms with Crippen LogP contribution in [0.2, 0.25) is 5.02 Å². The van der Waals surface area contributed by atoms with Crippen molar-refractivity contribution in [3.63, 3.8) is 0 Å². The minimum atomic E-state index is -0.464. The summed E-state index contributed by atoms with van der Waals surface area (Å²) in [5, 5.41) is 9.93. The largest absolute Gasteiger partial charge is 0.340 e. The number of hydrogen-bond donors (Lipinski definition) is 3. The SMILES string of the molecule is CNCCNCc1cccc(-c2nc(Nc3ccc(F)c(Cl)c3)c(C)c(-c3c(C)nsc3C)n2)c1. The second kappa shape index (κ2) is 11.2. The molecule has 2 aromatic heterocycles. The van der Waals surface area contributed by atoms with Gasteiger partial charge in [-0.15, -0.1) is 0 Å². The molecule has 0 saturated carbocycles. The summed E-state index contributed by atoms with van der Waals surface area (Å²) in [5.74, 6) is 0.771. The lowest BCUT2D eigenvalue weighted by molar-refractivity contribution is 0.628. The van der Waals surface area contributed by atoms with Crippen LogP contribution in [0.1, 0.15) is 21.7 Å². The van der Waals surface area contributed by atoms with Gasteiger partial charge in [0.05, 0.1) is 16.4 Å². The number of benzene rings is 2. The Morgan fingerprint density at radius 2 is 1.86 bits per heavy atom. The smallest absolute Gasteiger partial charge is 0.162 e. The first-order valence-electron chi connectivity index (χ1n) is 11.4. The maximum absolute atomic E-state index is 13.7. The first-order chi connectivity index (χ1) is 16.9. The number of halogens is 2. The van der Waals surface area contributed by atoms with E-state index in [1.54, 1.807) is 12.1 Å². The molecule has 0 bridgehead atoms. The highest BCUT2D eigenvalue weighted by molar-refractivity contribution is 7.06. The molecular formula is C26H28ClFN6S. The Labute approximate surface area is 214 Å². The van der Waals surface area contributed by atoms with Gasteiger partial charge in [0.1, 0.15) is 11.6 Å². The van der Waals surface area contributed by atoms with E-state index in [2.05, 4.69) is 32.5 Å². The lowest BCUT2D eigenvalue weighted by Gasteiger charge is -2.15. The zero-order valence-electron chi connectivity index (χ0n) is 20.2. The van der Waals surface area contributed by atoms with Gasteiger partial charge in [0, 0.05) is 46.9 Å². The van der Waals surface area contributed by atoms with Crippen molar-refractivity contribution in [1.82, 2.24) is 25.0 Å². The summed E-state index contributed by atoms with van der Waals surface area (Å²) in [6.07, 6.45) is 0. The van der Waals surface area contributed by atoms with Gasteiger partial charge in [-0.05, 0) is 69.2 Å². The van der Waals surface area contributed by atoms with Crippen molar-refractivity contribution in [3.8, 4) is 22.6 Å². The second-order valence-electron chi connectivity index (χ2n) is 8.30. The zero-order valence-corrected chi connectivity index (χ0v) is 21.7. The summed E-state index contributed by atoms with van der Waals surface area (Å²) in [6, 6.07) is 12.7. The zero-order chi connectivity index (χ0) is 24.9. The summed E-state index contributed by atoms with van der Waals surface area (Å²) in [4.78, 5) is 10.9. The lowest BCUT2D eigenvalue weighted by Crippen LogP contribution is -2.24. The van der Waals surface area contributed by atoms with Crippen LogP contribution in [0, 0.1) is 26.6 Å². The lowest BCUT2D eigenvalue weighted by atomic mass is 10.0. The van der Waals surface area contributed by atoms with Crippen LogP contribution in [0.5, 0.6) is 0 Å². The van der Waals surface area contributed by atoms with Gasteiger partial charge in [0.2, 0.25) is 0 Å². The number of hydrogen-bond acceptors (Lipinski definition) is 7. The van der Waals surface area contributed by atoms with E-state index in [-0.39, 0.29) is 5.02 Å². The van der Waals surface area contributed by atoms with Crippen LogP contribution in [0.3, 0.4) is 0 Å². The van der Waals surface area contributed by atoms with E-state index in [1.165, 1.54) is 17.6 Å². The van der Waals surface area contributed by atoms with Crippen LogP contribution < -0.4 is 16.0 Å². The predicted octanol–water partition coefficient (Wildman–Crippen LogP) is 6.04.